The van der Waals surface area contributed by atoms with Crippen LogP contribution in [0, 0.1) is 6.92 Å². The van der Waals surface area contributed by atoms with Crippen LogP contribution in [-0.4, -0.2) is 43.8 Å². The minimum absolute atomic E-state index is 0.0107. The van der Waals surface area contributed by atoms with Gasteiger partial charge < -0.3 is 10.2 Å². The number of hydrogen-bond donors (Lipinski definition) is 1. The van der Waals surface area contributed by atoms with Gasteiger partial charge in [-0.15, -0.1) is 0 Å². The Kier molecular flexibility index (Phi) is 10.8. The van der Waals surface area contributed by atoms with Crippen molar-refractivity contribution in [2.24, 2.45) is 0 Å². The fourth-order valence-corrected chi connectivity index (χ4v) is 7.18. The molecule has 42 heavy (non-hydrogen) atoms. The smallest absolute Gasteiger partial charge is 0.264 e. The number of sulfonamides is 1. The maximum absolute atomic E-state index is 14.2. The maximum Gasteiger partial charge on any atom is 0.264 e. The van der Waals surface area contributed by atoms with Gasteiger partial charge in [-0.1, -0.05) is 90.5 Å². The molecule has 2 amide bonds. The molecular formula is C31H34Cl3N3O4S. The lowest BCUT2D eigenvalue weighted by molar-refractivity contribution is -0.140. The number of nitrogens with one attached hydrogen (secondary N) is 1. The molecule has 0 saturated heterocycles. The third-order valence-corrected chi connectivity index (χ3v) is 10.1. The summed E-state index contributed by atoms with van der Waals surface area (Å²) in [4.78, 5) is 29.2. The average molecular weight is 651 g/mol. The third-order valence-electron chi connectivity index (χ3n) is 7.45. The van der Waals surface area contributed by atoms with E-state index in [9.17, 15) is 18.0 Å². The summed E-state index contributed by atoms with van der Waals surface area (Å²) in [6.45, 7) is 3.06. The van der Waals surface area contributed by atoms with Crippen LogP contribution in [0.1, 0.15) is 50.2 Å². The highest BCUT2D eigenvalue weighted by Crippen LogP contribution is 2.33. The van der Waals surface area contributed by atoms with Crippen molar-refractivity contribution < 1.29 is 18.0 Å². The van der Waals surface area contributed by atoms with Crippen molar-refractivity contribution in [2.45, 2.75) is 69.5 Å². The van der Waals surface area contributed by atoms with Gasteiger partial charge in [0, 0.05) is 22.6 Å². The maximum atomic E-state index is 14.2. The third kappa shape index (κ3) is 7.59. The summed E-state index contributed by atoms with van der Waals surface area (Å²) in [5.41, 5.74) is 1.56. The Balaban J connectivity index is 1.75. The highest BCUT2D eigenvalue weighted by molar-refractivity contribution is 7.92. The number of nitrogens with zero attached hydrogens (tertiary/aromatic N) is 2. The zero-order valence-corrected chi connectivity index (χ0v) is 26.6. The number of amides is 2. The quantitative estimate of drug-likeness (QED) is 0.242. The van der Waals surface area contributed by atoms with Gasteiger partial charge in [0.15, 0.2) is 0 Å². The molecule has 0 unspecified atom stereocenters. The monoisotopic (exact) mass is 649 g/mol. The van der Waals surface area contributed by atoms with Crippen LogP contribution in [0.2, 0.25) is 15.1 Å². The summed E-state index contributed by atoms with van der Waals surface area (Å²) >= 11 is 19.2. The number of hydrogen-bond acceptors (Lipinski definition) is 4. The minimum atomic E-state index is -4.27. The van der Waals surface area contributed by atoms with E-state index < -0.39 is 28.5 Å². The second-order valence-corrected chi connectivity index (χ2v) is 13.6. The summed E-state index contributed by atoms with van der Waals surface area (Å²) < 4.78 is 29.0. The standard InChI is InChI=1S/C31H34Cl3N3O4S/c1-3-28(31(39)35-24-9-5-6-10-24)36(19-22-8-4-7-11-26(22)33)30(38)20-37(29-18-23(32)14-17-27(29)34)42(40,41)25-15-12-21(2)13-16-25/h4,7-8,11-18,24,28H,3,5-6,9-10,19-20H2,1-2H3,(H,35,39)/t28-/m1/s1. The topological polar surface area (TPSA) is 86.8 Å². The van der Waals surface area contributed by atoms with Crippen LogP contribution in [0.15, 0.2) is 71.6 Å². The Morgan fingerprint density at radius 1 is 0.952 bits per heavy atom. The molecule has 11 heteroatoms. The van der Waals surface area contributed by atoms with Gasteiger partial charge in [0.1, 0.15) is 12.6 Å². The number of anilines is 1. The van der Waals surface area contributed by atoms with E-state index in [-0.39, 0.29) is 39.1 Å². The second-order valence-electron chi connectivity index (χ2n) is 10.4. The lowest BCUT2D eigenvalue weighted by Crippen LogP contribution is -2.53. The Morgan fingerprint density at radius 3 is 2.26 bits per heavy atom. The van der Waals surface area contributed by atoms with Gasteiger partial charge >= 0.3 is 0 Å². The number of aryl methyl sites for hydroxylation is 1. The molecule has 0 bridgehead atoms. The lowest BCUT2D eigenvalue weighted by atomic mass is 10.1. The van der Waals surface area contributed by atoms with Crippen LogP contribution < -0.4 is 9.62 Å². The summed E-state index contributed by atoms with van der Waals surface area (Å²) in [6.07, 6.45) is 4.16. The number of rotatable bonds is 11. The number of carbonyl (C=O) groups excluding carboxylic acids is 2. The van der Waals surface area contributed by atoms with Crippen LogP contribution in [0.3, 0.4) is 0 Å². The largest absolute Gasteiger partial charge is 0.352 e. The van der Waals surface area contributed by atoms with Gasteiger partial charge in [-0.25, -0.2) is 8.42 Å². The van der Waals surface area contributed by atoms with E-state index in [2.05, 4.69) is 5.32 Å². The summed E-state index contributed by atoms with van der Waals surface area (Å²) in [5.74, 6) is -0.867. The van der Waals surface area contributed by atoms with Crippen molar-refractivity contribution in [3.05, 3.63) is 92.9 Å². The molecule has 3 aromatic carbocycles. The van der Waals surface area contributed by atoms with Crippen molar-refractivity contribution in [3.8, 4) is 0 Å². The van der Waals surface area contributed by atoms with Gasteiger partial charge in [0.25, 0.3) is 10.0 Å². The first-order chi connectivity index (χ1) is 20.0. The molecule has 1 atom stereocenters. The number of halogens is 3. The van der Waals surface area contributed by atoms with Crippen molar-refractivity contribution in [3.63, 3.8) is 0 Å². The molecule has 1 aliphatic carbocycles. The molecule has 0 aliphatic heterocycles. The van der Waals surface area contributed by atoms with Gasteiger partial charge in [0.05, 0.1) is 15.6 Å². The van der Waals surface area contributed by atoms with Crippen molar-refractivity contribution in [2.75, 3.05) is 10.8 Å². The average Bonchev–Trinajstić information content (AvgIpc) is 3.47. The van der Waals surface area contributed by atoms with Crippen LogP contribution in [0.25, 0.3) is 0 Å². The first kappa shape index (κ1) is 32.1. The van der Waals surface area contributed by atoms with Gasteiger partial charge in [-0.2, -0.15) is 0 Å². The molecule has 224 valence electrons. The van der Waals surface area contributed by atoms with E-state index in [1.165, 1.54) is 35.2 Å². The highest BCUT2D eigenvalue weighted by atomic mass is 35.5. The fourth-order valence-electron chi connectivity index (χ4n) is 5.12. The summed E-state index contributed by atoms with van der Waals surface area (Å²) in [6, 6.07) is 17.0. The molecule has 1 aliphatic rings. The van der Waals surface area contributed by atoms with Crippen molar-refractivity contribution >= 4 is 62.3 Å². The molecule has 0 heterocycles. The Bertz CT molecular complexity index is 1530. The van der Waals surface area contributed by atoms with Gasteiger partial charge in [0.2, 0.25) is 11.8 Å². The molecule has 1 fully saturated rings. The van der Waals surface area contributed by atoms with E-state index in [4.69, 9.17) is 34.8 Å². The normalized spacial score (nSPS) is 14.4. The van der Waals surface area contributed by atoms with Crippen LogP contribution >= 0.6 is 34.8 Å². The molecule has 4 rings (SSSR count). The molecule has 1 saturated carbocycles. The summed E-state index contributed by atoms with van der Waals surface area (Å²) in [5, 5.41) is 3.88. The molecule has 3 aromatic rings. The highest BCUT2D eigenvalue weighted by Gasteiger charge is 2.35. The molecule has 1 N–H and O–H groups in total. The second kappa shape index (κ2) is 14.1. The van der Waals surface area contributed by atoms with E-state index >= 15 is 0 Å². The predicted molar refractivity (Wildman–Crippen MR) is 169 cm³/mol. The van der Waals surface area contributed by atoms with E-state index in [1.807, 2.05) is 13.8 Å². The molecule has 0 radical (unpaired) electrons. The van der Waals surface area contributed by atoms with Crippen molar-refractivity contribution in [1.82, 2.24) is 10.2 Å². The van der Waals surface area contributed by atoms with E-state index in [0.717, 1.165) is 35.6 Å². The first-order valence-electron chi connectivity index (χ1n) is 13.9. The van der Waals surface area contributed by atoms with Crippen molar-refractivity contribution in [1.29, 1.82) is 0 Å². The zero-order chi connectivity index (χ0) is 30.4. The molecule has 0 aromatic heterocycles. The number of benzene rings is 3. The van der Waals surface area contributed by atoms with E-state index in [0.29, 0.717) is 17.0 Å². The Hall–Kier alpha value is -2.78. The SMILES string of the molecule is CC[C@H](C(=O)NC1CCCC1)N(Cc1ccccc1Cl)C(=O)CN(c1cc(Cl)ccc1Cl)S(=O)(=O)c1ccc(C)cc1. The molecular weight excluding hydrogens is 617 g/mol. The van der Waals surface area contributed by atoms with Gasteiger partial charge in [-0.3, -0.25) is 13.9 Å². The van der Waals surface area contributed by atoms with Gasteiger partial charge in [-0.05, 0) is 68.1 Å². The van der Waals surface area contributed by atoms with Crippen LogP contribution in [0.5, 0.6) is 0 Å². The Labute approximate surface area is 262 Å². The van der Waals surface area contributed by atoms with Crippen LogP contribution in [0.4, 0.5) is 5.69 Å². The Morgan fingerprint density at radius 2 is 1.62 bits per heavy atom. The van der Waals surface area contributed by atoms with Crippen LogP contribution in [-0.2, 0) is 26.2 Å². The first-order valence-corrected chi connectivity index (χ1v) is 16.5. The predicted octanol–water partition coefficient (Wildman–Crippen LogP) is 7.02. The summed E-state index contributed by atoms with van der Waals surface area (Å²) in [7, 11) is -4.27. The molecule has 0 spiro atoms. The fraction of sp³-hybridized carbons (Fsp3) is 0.355. The number of carbonyl (C=O) groups is 2. The van der Waals surface area contributed by atoms with E-state index in [1.54, 1.807) is 36.4 Å². The molecule has 7 nitrogen and oxygen atoms in total. The lowest BCUT2D eigenvalue weighted by Gasteiger charge is -2.34. The minimum Gasteiger partial charge on any atom is -0.352 e. The zero-order valence-electron chi connectivity index (χ0n) is 23.5.